The van der Waals surface area contributed by atoms with Crippen molar-refractivity contribution in [3.05, 3.63) is 65.5 Å². The van der Waals surface area contributed by atoms with E-state index in [1.807, 2.05) is 24.0 Å². The normalized spacial score (nSPS) is 14.2. The highest BCUT2D eigenvalue weighted by Crippen LogP contribution is 2.10. The van der Waals surface area contributed by atoms with Crippen LogP contribution in [0.3, 0.4) is 0 Å². The van der Waals surface area contributed by atoms with Gasteiger partial charge >= 0.3 is 0 Å². The maximum atomic E-state index is 13.2. The lowest BCUT2D eigenvalue weighted by Gasteiger charge is -2.34. The van der Waals surface area contributed by atoms with Crippen molar-refractivity contribution in [2.75, 3.05) is 44.6 Å². The van der Waals surface area contributed by atoms with Crippen LogP contribution in [0.4, 0.5) is 10.1 Å². The lowest BCUT2D eigenvalue weighted by atomic mass is 10.1. The first-order valence-electron chi connectivity index (χ1n) is 10.3. The van der Waals surface area contributed by atoms with Crippen LogP contribution in [0.25, 0.3) is 0 Å². The number of nitrogens with zero attached hydrogens (tertiary/aromatic N) is 2. The first-order valence-corrected chi connectivity index (χ1v) is 10.3. The number of carbonyl (C=O) groups excluding carboxylic acids is 3. The summed E-state index contributed by atoms with van der Waals surface area (Å²) in [6.45, 7) is 4.60. The maximum Gasteiger partial charge on any atom is 0.251 e. The van der Waals surface area contributed by atoms with Crippen LogP contribution >= 0.6 is 0 Å². The van der Waals surface area contributed by atoms with Crippen molar-refractivity contribution in [1.29, 1.82) is 0 Å². The molecule has 0 spiro atoms. The smallest absolute Gasteiger partial charge is 0.251 e. The molecule has 3 amide bonds. The van der Waals surface area contributed by atoms with Gasteiger partial charge in [-0.2, -0.15) is 0 Å². The Kier molecular flexibility index (Phi) is 7.72. The van der Waals surface area contributed by atoms with E-state index in [-0.39, 0.29) is 37.2 Å². The summed E-state index contributed by atoms with van der Waals surface area (Å²) in [5.74, 6) is -0.830. The highest BCUT2D eigenvalue weighted by molar-refractivity contribution is 5.94. The minimum Gasteiger partial charge on any atom is -0.352 e. The summed E-state index contributed by atoms with van der Waals surface area (Å²) in [7, 11) is 0. The minimum atomic E-state index is -0.403. The van der Waals surface area contributed by atoms with Gasteiger partial charge in [0.2, 0.25) is 11.8 Å². The topological polar surface area (TPSA) is 81.8 Å². The number of piperazine rings is 1. The average molecular weight is 426 g/mol. The number of amides is 3. The highest BCUT2D eigenvalue weighted by Gasteiger charge is 2.22. The molecule has 1 fully saturated rings. The summed E-state index contributed by atoms with van der Waals surface area (Å²) in [5, 5.41) is 5.46. The van der Waals surface area contributed by atoms with Crippen LogP contribution < -0.4 is 10.6 Å². The van der Waals surface area contributed by atoms with Crippen LogP contribution in [0.5, 0.6) is 0 Å². The Morgan fingerprint density at radius 3 is 2.45 bits per heavy atom. The van der Waals surface area contributed by atoms with Gasteiger partial charge in [0.25, 0.3) is 5.91 Å². The molecule has 8 heteroatoms. The van der Waals surface area contributed by atoms with E-state index in [4.69, 9.17) is 0 Å². The molecule has 0 bridgehead atoms. The van der Waals surface area contributed by atoms with E-state index in [0.717, 1.165) is 5.56 Å². The molecule has 0 aliphatic carbocycles. The van der Waals surface area contributed by atoms with Gasteiger partial charge in [0.1, 0.15) is 5.82 Å². The van der Waals surface area contributed by atoms with Crippen LogP contribution in [0, 0.1) is 12.7 Å². The number of rotatable bonds is 7. The van der Waals surface area contributed by atoms with Gasteiger partial charge in [-0.15, -0.1) is 0 Å². The second kappa shape index (κ2) is 10.7. The Morgan fingerprint density at radius 1 is 1.00 bits per heavy atom. The molecular formula is C23H27FN4O3. The highest BCUT2D eigenvalue weighted by atomic mass is 19.1. The second-order valence-corrected chi connectivity index (χ2v) is 7.59. The van der Waals surface area contributed by atoms with E-state index >= 15 is 0 Å². The lowest BCUT2D eigenvalue weighted by molar-refractivity contribution is -0.132. The number of aryl methyl sites for hydroxylation is 1. The summed E-state index contributed by atoms with van der Waals surface area (Å²) in [5.41, 5.74) is 2.01. The fourth-order valence-corrected chi connectivity index (χ4v) is 3.45. The first kappa shape index (κ1) is 22.4. The predicted molar refractivity (Wildman–Crippen MR) is 116 cm³/mol. The van der Waals surface area contributed by atoms with Crippen LogP contribution in [-0.4, -0.2) is 66.8 Å². The third-order valence-corrected chi connectivity index (χ3v) is 5.11. The maximum absolute atomic E-state index is 13.2. The predicted octanol–water partition coefficient (Wildman–Crippen LogP) is 2.04. The molecular weight excluding hydrogens is 399 g/mol. The van der Waals surface area contributed by atoms with Crippen LogP contribution in [-0.2, 0) is 9.59 Å². The Hall–Kier alpha value is -3.26. The number of benzene rings is 2. The Morgan fingerprint density at radius 2 is 1.74 bits per heavy atom. The Labute approximate surface area is 181 Å². The van der Waals surface area contributed by atoms with Gasteiger partial charge in [-0.05, 0) is 37.3 Å². The zero-order valence-corrected chi connectivity index (χ0v) is 17.6. The molecule has 1 aliphatic rings. The molecule has 0 radical (unpaired) electrons. The fraction of sp³-hybridized carbons (Fsp3) is 0.348. The largest absolute Gasteiger partial charge is 0.352 e. The second-order valence-electron chi connectivity index (χ2n) is 7.59. The molecule has 31 heavy (non-hydrogen) atoms. The number of hydrogen-bond acceptors (Lipinski definition) is 4. The molecule has 1 heterocycles. The van der Waals surface area contributed by atoms with Gasteiger partial charge in [-0.1, -0.05) is 23.8 Å². The molecule has 0 unspecified atom stereocenters. The van der Waals surface area contributed by atoms with Gasteiger partial charge in [-0.25, -0.2) is 4.39 Å². The molecule has 0 saturated carbocycles. The van der Waals surface area contributed by atoms with Crippen molar-refractivity contribution in [1.82, 2.24) is 15.1 Å². The van der Waals surface area contributed by atoms with E-state index in [0.29, 0.717) is 37.4 Å². The number of carbonyl (C=O) groups is 3. The van der Waals surface area contributed by atoms with Crippen molar-refractivity contribution in [3.8, 4) is 0 Å². The van der Waals surface area contributed by atoms with Crippen LogP contribution in [0.1, 0.15) is 22.3 Å². The standard InChI is InChI=1S/C23H27FN4O3/c1-17-4-2-5-18(14-17)23(31)25-9-8-22(30)28-12-10-27(11-13-28)16-21(29)26-20-7-3-6-19(24)15-20/h2-7,14-15H,8-13,16H2,1H3,(H,25,31)(H,26,29). The molecule has 2 aromatic carbocycles. The van der Waals surface area contributed by atoms with Crippen molar-refractivity contribution >= 4 is 23.4 Å². The van der Waals surface area contributed by atoms with Gasteiger partial charge in [0.05, 0.1) is 6.54 Å². The monoisotopic (exact) mass is 426 g/mol. The van der Waals surface area contributed by atoms with Gasteiger partial charge < -0.3 is 15.5 Å². The van der Waals surface area contributed by atoms with Crippen LogP contribution in [0.2, 0.25) is 0 Å². The minimum absolute atomic E-state index is 0.0200. The van der Waals surface area contributed by atoms with E-state index in [1.165, 1.54) is 12.1 Å². The van der Waals surface area contributed by atoms with Gasteiger partial charge in [0, 0.05) is 50.4 Å². The lowest BCUT2D eigenvalue weighted by Crippen LogP contribution is -2.50. The molecule has 3 rings (SSSR count). The molecule has 2 N–H and O–H groups in total. The van der Waals surface area contributed by atoms with Crippen LogP contribution in [0.15, 0.2) is 48.5 Å². The summed E-state index contributed by atoms with van der Waals surface area (Å²) in [4.78, 5) is 40.4. The number of hydrogen-bond donors (Lipinski definition) is 2. The summed E-state index contributed by atoms with van der Waals surface area (Å²) in [6.07, 6.45) is 0.234. The summed E-state index contributed by atoms with van der Waals surface area (Å²) in [6, 6.07) is 13.1. The van der Waals surface area contributed by atoms with Crippen molar-refractivity contribution in [2.45, 2.75) is 13.3 Å². The molecule has 164 valence electrons. The molecule has 1 saturated heterocycles. The van der Waals surface area contributed by atoms with E-state index < -0.39 is 5.82 Å². The molecule has 0 aromatic heterocycles. The Balaban J connectivity index is 1.35. The number of nitrogens with one attached hydrogen (secondary N) is 2. The van der Waals surface area contributed by atoms with Gasteiger partial charge in [0.15, 0.2) is 0 Å². The fourth-order valence-electron chi connectivity index (χ4n) is 3.45. The van der Waals surface area contributed by atoms with E-state index in [1.54, 1.807) is 29.2 Å². The molecule has 2 aromatic rings. The first-order chi connectivity index (χ1) is 14.9. The van der Waals surface area contributed by atoms with Gasteiger partial charge in [-0.3, -0.25) is 19.3 Å². The van der Waals surface area contributed by atoms with Crippen molar-refractivity contribution < 1.29 is 18.8 Å². The third-order valence-electron chi connectivity index (χ3n) is 5.11. The third kappa shape index (κ3) is 6.89. The summed E-state index contributed by atoms with van der Waals surface area (Å²) >= 11 is 0. The Bertz CT molecular complexity index is 942. The SMILES string of the molecule is Cc1cccc(C(=O)NCCC(=O)N2CCN(CC(=O)Nc3cccc(F)c3)CC2)c1. The average Bonchev–Trinajstić information content (AvgIpc) is 2.74. The van der Waals surface area contributed by atoms with Crippen molar-refractivity contribution in [2.24, 2.45) is 0 Å². The molecule has 7 nitrogen and oxygen atoms in total. The van der Waals surface area contributed by atoms with E-state index in [2.05, 4.69) is 10.6 Å². The molecule has 1 aliphatic heterocycles. The summed E-state index contributed by atoms with van der Waals surface area (Å²) < 4.78 is 13.2. The number of anilines is 1. The number of halogens is 1. The molecule has 0 atom stereocenters. The van der Waals surface area contributed by atoms with Crippen molar-refractivity contribution in [3.63, 3.8) is 0 Å². The van der Waals surface area contributed by atoms with E-state index in [9.17, 15) is 18.8 Å². The zero-order chi connectivity index (χ0) is 22.2. The quantitative estimate of drug-likeness (QED) is 0.710. The zero-order valence-electron chi connectivity index (χ0n) is 17.6.